The molecule has 0 heterocycles. The van der Waals surface area contributed by atoms with Gasteiger partial charge in [-0.05, 0) is 32.9 Å². The van der Waals surface area contributed by atoms with Crippen molar-refractivity contribution in [1.82, 2.24) is 0 Å². The Balaban J connectivity index is 2.02. The van der Waals surface area contributed by atoms with Crippen LogP contribution in [0.25, 0.3) is 0 Å². The van der Waals surface area contributed by atoms with Crippen molar-refractivity contribution in [2.24, 2.45) is 0 Å². The summed E-state index contributed by atoms with van der Waals surface area (Å²) >= 11 is 0. The van der Waals surface area contributed by atoms with Gasteiger partial charge < -0.3 is 0 Å². The van der Waals surface area contributed by atoms with Crippen molar-refractivity contribution in [1.29, 1.82) is 0 Å². The van der Waals surface area contributed by atoms with Crippen molar-refractivity contribution >= 4 is 21.4 Å². The van der Waals surface area contributed by atoms with Crippen molar-refractivity contribution in [2.45, 2.75) is 37.3 Å². The highest BCUT2D eigenvalue weighted by Gasteiger charge is 2.36. The molecule has 0 aromatic heterocycles. The zero-order valence-electron chi connectivity index (χ0n) is 17.3. The van der Waals surface area contributed by atoms with Gasteiger partial charge in [0, 0.05) is 17.5 Å². The molecule has 3 aromatic carbocycles. The minimum absolute atomic E-state index is 0.0373. The molecule has 0 fully saturated rings. The number of rotatable bonds is 7. The first kappa shape index (κ1) is 21.7. The second-order valence-corrected chi connectivity index (χ2v) is 9.70. The van der Waals surface area contributed by atoms with Crippen LogP contribution in [-0.2, 0) is 9.84 Å². The lowest BCUT2D eigenvalue weighted by molar-refractivity contribution is 0.0920. The smallest absolute Gasteiger partial charge is 0.189 e. The highest BCUT2D eigenvalue weighted by molar-refractivity contribution is 7.92. The Bertz CT molecular complexity index is 1160. The van der Waals surface area contributed by atoms with Crippen LogP contribution in [0.5, 0.6) is 0 Å². The molecule has 0 spiro atoms. The fraction of sp³-hybridized carbons (Fsp3) is 0.200. The first-order valence-electron chi connectivity index (χ1n) is 9.70. The molecule has 4 nitrogen and oxygen atoms in total. The Kier molecular flexibility index (Phi) is 6.32. The zero-order chi connectivity index (χ0) is 21.9. The zero-order valence-corrected chi connectivity index (χ0v) is 18.1. The molecule has 0 aliphatic carbocycles. The van der Waals surface area contributed by atoms with E-state index in [1.165, 1.54) is 12.1 Å². The number of ketones is 2. The molecule has 30 heavy (non-hydrogen) atoms. The van der Waals surface area contributed by atoms with Crippen LogP contribution < -0.4 is 0 Å². The predicted molar refractivity (Wildman–Crippen MR) is 118 cm³/mol. The molecule has 0 N–H and O–H groups in total. The molecular weight excluding hydrogens is 396 g/mol. The minimum Gasteiger partial charge on any atom is -0.294 e. The Labute approximate surface area is 177 Å². The Hall–Kier alpha value is -3.05. The molecule has 5 heteroatoms. The van der Waals surface area contributed by atoms with Gasteiger partial charge in [-0.25, -0.2) is 8.42 Å². The van der Waals surface area contributed by atoms with Crippen molar-refractivity contribution < 1.29 is 18.0 Å². The van der Waals surface area contributed by atoms with Gasteiger partial charge >= 0.3 is 0 Å². The summed E-state index contributed by atoms with van der Waals surface area (Å²) < 4.78 is 26.7. The van der Waals surface area contributed by atoms with Crippen LogP contribution in [0.3, 0.4) is 0 Å². The van der Waals surface area contributed by atoms with Gasteiger partial charge in [-0.3, -0.25) is 9.59 Å². The van der Waals surface area contributed by atoms with Crippen LogP contribution in [0.4, 0.5) is 0 Å². The lowest BCUT2D eigenvalue weighted by atomic mass is 10.00. The molecule has 0 unspecified atom stereocenters. The molecule has 0 amide bonds. The van der Waals surface area contributed by atoms with Gasteiger partial charge in [0.05, 0.1) is 4.90 Å². The number of aryl methyl sites for hydroxylation is 3. The fourth-order valence-electron chi connectivity index (χ4n) is 3.16. The van der Waals surface area contributed by atoms with Crippen LogP contribution in [-0.4, -0.2) is 25.2 Å². The molecule has 1 atom stereocenters. The van der Waals surface area contributed by atoms with E-state index < -0.39 is 27.3 Å². The lowest BCUT2D eigenvalue weighted by Gasteiger charge is -2.17. The van der Waals surface area contributed by atoms with Gasteiger partial charge in [0.2, 0.25) is 0 Å². The van der Waals surface area contributed by atoms with E-state index in [1.54, 1.807) is 60.7 Å². The SMILES string of the molecule is Cc1ccc(C(=O)C[C@H](C(=O)c2ccc(C)cc2)S(=O)(=O)c2ccc(C)cc2)cc1. The Morgan fingerprint density at radius 1 is 0.667 bits per heavy atom. The van der Waals surface area contributed by atoms with Crippen molar-refractivity contribution in [3.8, 4) is 0 Å². The predicted octanol–water partition coefficient (Wildman–Crippen LogP) is 4.91. The van der Waals surface area contributed by atoms with E-state index >= 15 is 0 Å². The van der Waals surface area contributed by atoms with Gasteiger partial charge in [0.15, 0.2) is 21.4 Å². The Morgan fingerprint density at radius 2 is 1.07 bits per heavy atom. The summed E-state index contributed by atoms with van der Waals surface area (Å²) in [5.74, 6) is -0.952. The average Bonchev–Trinajstić information content (AvgIpc) is 2.72. The van der Waals surface area contributed by atoms with E-state index in [1.807, 2.05) is 20.8 Å². The van der Waals surface area contributed by atoms with Gasteiger partial charge in [0.25, 0.3) is 0 Å². The average molecular weight is 421 g/mol. The molecule has 3 rings (SSSR count). The van der Waals surface area contributed by atoms with Crippen molar-refractivity contribution in [3.05, 3.63) is 101 Å². The molecule has 3 aromatic rings. The van der Waals surface area contributed by atoms with Gasteiger partial charge in [-0.15, -0.1) is 0 Å². The first-order valence-corrected chi connectivity index (χ1v) is 11.2. The normalized spacial score (nSPS) is 12.4. The summed E-state index contributed by atoms with van der Waals surface area (Å²) in [6.45, 7) is 5.64. The summed E-state index contributed by atoms with van der Waals surface area (Å²) in [7, 11) is -4.06. The second kappa shape index (κ2) is 8.76. The monoisotopic (exact) mass is 420 g/mol. The highest BCUT2D eigenvalue weighted by Crippen LogP contribution is 2.24. The molecule has 0 radical (unpaired) electrons. The van der Waals surface area contributed by atoms with Crippen molar-refractivity contribution in [3.63, 3.8) is 0 Å². The lowest BCUT2D eigenvalue weighted by Crippen LogP contribution is -2.33. The number of hydrogen-bond donors (Lipinski definition) is 0. The number of carbonyl (C=O) groups excluding carboxylic acids is 2. The largest absolute Gasteiger partial charge is 0.294 e. The van der Waals surface area contributed by atoms with Crippen LogP contribution in [0, 0.1) is 20.8 Å². The third kappa shape index (κ3) is 4.74. The third-order valence-electron chi connectivity index (χ3n) is 5.10. The van der Waals surface area contributed by atoms with Crippen LogP contribution in [0.15, 0.2) is 77.7 Å². The van der Waals surface area contributed by atoms with Gasteiger partial charge in [-0.1, -0.05) is 77.4 Å². The number of hydrogen-bond acceptors (Lipinski definition) is 4. The fourth-order valence-corrected chi connectivity index (χ4v) is 4.80. The second-order valence-electron chi connectivity index (χ2n) is 7.57. The van der Waals surface area contributed by atoms with E-state index in [0.29, 0.717) is 5.56 Å². The summed E-state index contributed by atoms with van der Waals surface area (Å²) in [6.07, 6.45) is -0.411. The molecule has 0 bridgehead atoms. The molecule has 0 saturated carbocycles. The minimum atomic E-state index is -4.06. The maximum absolute atomic E-state index is 13.4. The summed E-state index contributed by atoms with van der Waals surface area (Å²) in [5, 5.41) is -1.49. The number of carbonyl (C=O) groups is 2. The topological polar surface area (TPSA) is 68.3 Å². The van der Waals surface area contributed by atoms with Crippen LogP contribution in [0.1, 0.15) is 43.8 Å². The van der Waals surface area contributed by atoms with E-state index in [9.17, 15) is 18.0 Å². The van der Waals surface area contributed by atoms with Crippen LogP contribution >= 0.6 is 0 Å². The molecule has 154 valence electrons. The standard InChI is InChI=1S/C25H24O4S/c1-17-4-10-20(11-5-17)23(26)16-24(25(27)21-12-6-18(2)7-13-21)30(28,29)22-14-8-19(3)9-15-22/h4-15,24H,16H2,1-3H3/t24-/m1/s1. The maximum Gasteiger partial charge on any atom is 0.189 e. The quantitative estimate of drug-likeness (QED) is 0.509. The van der Waals surface area contributed by atoms with E-state index in [2.05, 4.69) is 0 Å². The molecular formula is C25H24O4S. The Morgan fingerprint density at radius 3 is 1.53 bits per heavy atom. The number of benzene rings is 3. The first-order chi connectivity index (χ1) is 14.2. The summed E-state index contributed by atoms with van der Waals surface area (Å²) in [5.41, 5.74) is 3.52. The van der Waals surface area contributed by atoms with Crippen LogP contribution in [0.2, 0.25) is 0 Å². The highest BCUT2D eigenvalue weighted by atomic mass is 32.2. The van der Waals surface area contributed by atoms with Gasteiger partial charge in [-0.2, -0.15) is 0 Å². The maximum atomic E-state index is 13.4. The molecule has 0 aliphatic heterocycles. The van der Waals surface area contributed by atoms with E-state index in [-0.39, 0.29) is 16.2 Å². The van der Waals surface area contributed by atoms with Crippen molar-refractivity contribution in [2.75, 3.05) is 0 Å². The third-order valence-corrected chi connectivity index (χ3v) is 7.16. The van der Waals surface area contributed by atoms with E-state index in [4.69, 9.17) is 0 Å². The number of Topliss-reactive ketones (excluding diaryl/α,β-unsaturated/α-hetero) is 2. The summed E-state index contributed by atoms with van der Waals surface area (Å²) in [6, 6.07) is 19.9. The van der Waals surface area contributed by atoms with E-state index in [0.717, 1.165) is 16.7 Å². The summed E-state index contributed by atoms with van der Waals surface area (Å²) in [4.78, 5) is 26.1. The molecule has 0 aliphatic rings. The molecule has 0 saturated heterocycles. The van der Waals surface area contributed by atoms with Gasteiger partial charge in [0.1, 0.15) is 5.25 Å². The number of sulfone groups is 1.